The monoisotopic (exact) mass is 366 g/mol. The molecule has 0 saturated heterocycles. The fourth-order valence-corrected chi connectivity index (χ4v) is 2.79. The number of halogens is 1. The van der Waals surface area contributed by atoms with Crippen LogP contribution in [0, 0.1) is 5.82 Å². The minimum atomic E-state index is -0.362. The van der Waals surface area contributed by atoms with Crippen LogP contribution in [0.2, 0.25) is 0 Å². The van der Waals surface area contributed by atoms with Crippen molar-refractivity contribution in [2.24, 2.45) is 0 Å². The molecule has 3 aromatic rings. The number of oxazole rings is 1. The van der Waals surface area contributed by atoms with E-state index in [1.54, 1.807) is 18.2 Å². The summed E-state index contributed by atoms with van der Waals surface area (Å²) in [6, 6.07) is 14.3. The summed E-state index contributed by atoms with van der Waals surface area (Å²) in [5, 5.41) is 2.88. The Hall–Kier alpha value is -2.95. The molecule has 140 valence electrons. The van der Waals surface area contributed by atoms with Gasteiger partial charge >= 0.3 is 0 Å². The molecule has 0 aliphatic rings. The summed E-state index contributed by atoms with van der Waals surface area (Å²) in [5.74, 6) is 0.804. The molecule has 5 heteroatoms. The quantitative estimate of drug-likeness (QED) is 0.595. The van der Waals surface area contributed by atoms with Crippen molar-refractivity contribution < 1.29 is 13.6 Å². The van der Waals surface area contributed by atoms with Gasteiger partial charge in [0.05, 0.1) is 11.8 Å². The molecule has 1 heterocycles. The third kappa shape index (κ3) is 4.82. The number of carbonyl (C=O) groups excluding carboxylic acids is 1. The van der Waals surface area contributed by atoms with E-state index >= 15 is 0 Å². The number of benzene rings is 2. The molecule has 0 aliphatic heterocycles. The van der Waals surface area contributed by atoms with Crippen LogP contribution >= 0.6 is 0 Å². The SMILES string of the molecule is CC[C@H](C)c1ccc(NC(=O)CCc2ncc(-c3ccccc3F)o2)cc1. The lowest BCUT2D eigenvalue weighted by molar-refractivity contribution is -0.116. The molecule has 3 rings (SSSR count). The van der Waals surface area contributed by atoms with E-state index in [9.17, 15) is 9.18 Å². The van der Waals surface area contributed by atoms with Crippen LogP contribution in [0.25, 0.3) is 11.3 Å². The third-order valence-electron chi connectivity index (χ3n) is 4.63. The van der Waals surface area contributed by atoms with Gasteiger partial charge in [0.15, 0.2) is 11.7 Å². The minimum Gasteiger partial charge on any atom is -0.441 e. The second kappa shape index (κ2) is 8.62. The zero-order valence-corrected chi connectivity index (χ0v) is 15.5. The first kappa shape index (κ1) is 18.8. The summed E-state index contributed by atoms with van der Waals surface area (Å²) in [6.45, 7) is 4.33. The fourth-order valence-electron chi connectivity index (χ4n) is 2.79. The molecule has 2 aromatic carbocycles. The van der Waals surface area contributed by atoms with Crippen molar-refractivity contribution in [2.45, 2.75) is 39.0 Å². The van der Waals surface area contributed by atoms with E-state index in [0.717, 1.165) is 12.1 Å². The molecule has 0 aliphatic carbocycles. The average Bonchev–Trinajstić information content (AvgIpc) is 3.15. The van der Waals surface area contributed by atoms with Gasteiger partial charge in [-0.3, -0.25) is 4.79 Å². The molecular formula is C22H23FN2O2. The molecule has 1 amide bonds. The van der Waals surface area contributed by atoms with Gasteiger partial charge in [-0.2, -0.15) is 0 Å². The number of carbonyl (C=O) groups is 1. The Bertz CT molecular complexity index is 903. The summed E-state index contributed by atoms with van der Waals surface area (Å²) < 4.78 is 19.4. The normalized spacial score (nSPS) is 12.0. The number of hydrogen-bond acceptors (Lipinski definition) is 3. The van der Waals surface area contributed by atoms with E-state index in [-0.39, 0.29) is 18.1 Å². The predicted molar refractivity (Wildman–Crippen MR) is 104 cm³/mol. The number of anilines is 1. The number of rotatable bonds is 7. The first-order chi connectivity index (χ1) is 13.1. The summed E-state index contributed by atoms with van der Waals surface area (Å²) in [4.78, 5) is 16.3. The van der Waals surface area contributed by atoms with Crippen LogP contribution in [0.4, 0.5) is 10.1 Å². The van der Waals surface area contributed by atoms with E-state index < -0.39 is 0 Å². The van der Waals surface area contributed by atoms with Gasteiger partial charge in [0.1, 0.15) is 5.82 Å². The number of nitrogens with one attached hydrogen (secondary N) is 1. The first-order valence-electron chi connectivity index (χ1n) is 9.16. The Morgan fingerprint density at radius 3 is 2.63 bits per heavy atom. The van der Waals surface area contributed by atoms with Gasteiger partial charge in [-0.25, -0.2) is 9.37 Å². The Balaban J connectivity index is 1.55. The van der Waals surface area contributed by atoms with Crippen molar-refractivity contribution in [3.8, 4) is 11.3 Å². The second-order valence-electron chi connectivity index (χ2n) is 6.58. The minimum absolute atomic E-state index is 0.114. The molecule has 1 atom stereocenters. The van der Waals surface area contributed by atoms with Gasteiger partial charge < -0.3 is 9.73 Å². The van der Waals surface area contributed by atoms with Crippen molar-refractivity contribution in [3.63, 3.8) is 0 Å². The van der Waals surface area contributed by atoms with Crippen LogP contribution in [0.5, 0.6) is 0 Å². The molecule has 4 nitrogen and oxygen atoms in total. The maximum absolute atomic E-state index is 13.8. The van der Waals surface area contributed by atoms with Crippen LogP contribution in [0.3, 0.4) is 0 Å². The molecule has 1 N–H and O–H groups in total. The third-order valence-corrected chi connectivity index (χ3v) is 4.63. The zero-order chi connectivity index (χ0) is 19.2. The molecule has 0 bridgehead atoms. The highest BCUT2D eigenvalue weighted by molar-refractivity contribution is 5.90. The van der Waals surface area contributed by atoms with E-state index in [4.69, 9.17) is 4.42 Å². The van der Waals surface area contributed by atoms with Crippen molar-refractivity contribution in [1.29, 1.82) is 0 Å². The summed E-state index contributed by atoms with van der Waals surface area (Å²) in [5.41, 5.74) is 2.39. The summed E-state index contributed by atoms with van der Waals surface area (Å²) in [6.07, 6.45) is 3.16. The van der Waals surface area contributed by atoms with Gasteiger partial charge in [-0.1, -0.05) is 38.1 Å². The molecule has 0 unspecified atom stereocenters. The van der Waals surface area contributed by atoms with Gasteiger partial charge in [0.25, 0.3) is 0 Å². The number of aromatic nitrogens is 1. The number of nitrogens with zero attached hydrogens (tertiary/aromatic N) is 1. The lowest BCUT2D eigenvalue weighted by Gasteiger charge is -2.10. The number of aryl methyl sites for hydroxylation is 1. The van der Waals surface area contributed by atoms with Gasteiger partial charge in [-0.15, -0.1) is 0 Å². The number of amides is 1. The molecule has 27 heavy (non-hydrogen) atoms. The van der Waals surface area contributed by atoms with Gasteiger partial charge in [0, 0.05) is 18.5 Å². The highest BCUT2D eigenvalue weighted by atomic mass is 19.1. The maximum Gasteiger partial charge on any atom is 0.224 e. The standard InChI is InChI=1S/C22H23FN2O2/c1-3-15(2)16-8-10-17(11-9-16)25-21(26)12-13-22-24-14-20(27-22)18-6-4-5-7-19(18)23/h4-11,14-15H,3,12-13H2,1-2H3,(H,25,26)/t15-/m0/s1. The van der Waals surface area contributed by atoms with E-state index in [0.29, 0.717) is 29.6 Å². The highest BCUT2D eigenvalue weighted by Gasteiger charge is 2.12. The highest BCUT2D eigenvalue weighted by Crippen LogP contribution is 2.24. The largest absolute Gasteiger partial charge is 0.441 e. The molecule has 0 saturated carbocycles. The molecular weight excluding hydrogens is 343 g/mol. The average molecular weight is 366 g/mol. The second-order valence-corrected chi connectivity index (χ2v) is 6.58. The first-order valence-corrected chi connectivity index (χ1v) is 9.16. The van der Waals surface area contributed by atoms with Crippen LogP contribution < -0.4 is 5.32 Å². The van der Waals surface area contributed by atoms with Crippen molar-refractivity contribution in [2.75, 3.05) is 5.32 Å². The molecule has 0 spiro atoms. The van der Waals surface area contributed by atoms with Crippen LogP contribution in [-0.4, -0.2) is 10.9 Å². The number of hydrogen-bond donors (Lipinski definition) is 1. The fraction of sp³-hybridized carbons (Fsp3) is 0.273. The Morgan fingerprint density at radius 1 is 1.19 bits per heavy atom. The Kier molecular flexibility index (Phi) is 6.01. The lowest BCUT2D eigenvalue weighted by Crippen LogP contribution is -2.12. The Labute approximate surface area is 158 Å². The van der Waals surface area contributed by atoms with Crippen molar-refractivity contribution in [1.82, 2.24) is 4.98 Å². The van der Waals surface area contributed by atoms with Crippen LogP contribution in [-0.2, 0) is 11.2 Å². The van der Waals surface area contributed by atoms with Gasteiger partial charge in [-0.05, 0) is 42.2 Å². The summed E-state index contributed by atoms with van der Waals surface area (Å²) in [7, 11) is 0. The van der Waals surface area contributed by atoms with Crippen LogP contribution in [0.15, 0.2) is 59.1 Å². The molecule has 1 aromatic heterocycles. The van der Waals surface area contributed by atoms with E-state index in [2.05, 4.69) is 24.1 Å². The van der Waals surface area contributed by atoms with E-state index in [1.165, 1.54) is 17.8 Å². The summed E-state index contributed by atoms with van der Waals surface area (Å²) >= 11 is 0. The topological polar surface area (TPSA) is 55.1 Å². The van der Waals surface area contributed by atoms with Gasteiger partial charge in [0.2, 0.25) is 5.91 Å². The van der Waals surface area contributed by atoms with Crippen LogP contribution in [0.1, 0.15) is 44.1 Å². The van der Waals surface area contributed by atoms with Crippen molar-refractivity contribution in [3.05, 3.63) is 72.0 Å². The Morgan fingerprint density at radius 2 is 1.93 bits per heavy atom. The smallest absolute Gasteiger partial charge is 0.224 e. The zero-order valence-electron chi connectivity index (χ0n) is 15.5. The lowest BCUT2D eigenvalue weighted by atomic mass is 9.99. The molecule has 0 fully saturated rings. The predicted octanol–water partition coefficient (Wildman–Crippen LogP) is 5.57. The van der Waals surface area contributed by atoms with Crippen molar-refractivity contribution >= 4 is 11.6 Å². The van der Waals surface area contributed by atoms with E-state index in [1.807, 2.05) is 24.3 Å². The molecule has 0 radical (unpaired) electrons. The maximum atomic E-state index is 13.8.